The van der Waals surface area contributed by atoms with Gasteiger partial charge in [-0.1, -0.05) is 51.1 Å². The van der Waals surface area contributed by atoms with Gasteiger partial charge in [-0.3, -0.25) is 15.1 Å². The molecular formula is C20H26BN3OS. The zero-order chi connectivity index (χ0) is 19.3. The molecule has 4 nitrogen and oxygen atoms in total. The van der Waals surface area contributed by atoms with Crippen LogP contribution in [0.5, 0.6) is 0 Å². The average molecular weight is 367 g/mol. The van der Waals surface area contributed by atoms with E-state index in [1.54, 1.807) is 18.4 Å². The fourth-order valence-corrected chi connectivity index (χ4v) is 4.52. The van der Waals surface area contributed by atoms with Crippen LogP contribution in [0.2, 0.25) is 0 Å². The number of nitrogens with zero attached hydrogens (tertiary/aromatic N) is 1. The molecule has 0 aliphatic carbocycles. The van der Waals surface area contributed by atoms with Gasteiger partial charge in [0.15, 0.2) is 13.8 Å². The predicted octanol–water partition coefficient (Wildman–Crippen LogP) is 2.30. The van der Waals surface area contributed by atoms with Gasteiger partial charge >= 0.3 is 0 Å². The van der Waals surface area contributed by atoms with E-state index in [1.165, 1.54) is 15.2 Å². The molecule has 6 heteroatoms. The lowest BCUT2D eigenvalue weighted by Gasteiger charge is -2.45. The molecule has 3 rings (SSSR count). The van der Waals surface area contributed by atoms with Gasteiger partial charge in [0.2, 0.25) is 5.91 Å². The summed E-state index contributed by atoms with van der Waals surface area (Å²) in [5.74, 6) is -0.286. The van der Waals surface area contributed by atoms with Crippen LogP contribution in [0.15, 0.2) is 36.4 Å². The van der Waals surface area contributed by atoms with Crippen molar-refractivity contribution in [3.63, 3.8) is 0 Å². The highest BCUT2D eigenvalue weighted by molar-refractivity contribution is 7.20. The van der Waals surface area contributed by atoms with Gasteiger partial charge in [0.25, 0.3) is 0 Å². The highest BCUT2D eigenvalue weighted by Crippen LogP contribution is 2.42. The molecule has 136 valence electrons. The SMILES string of the molecule is Bc1ccc([C@@]2(C)NC(=N)N(C)C(=O)[C@H]2c2ccc(C(C)(C)C)cc2)s1. The monoisotopic (exact) mass is 367 g/mol. The highest BCUT2D eigenvalue weighted by Gasteiger charge is 2.49. The standard InChI is InChI=1S/C20H26BN3OS/c1-19(2,3)13-8-6-12(7-9-13)16-17(25)24(5)18(22)23-20(16,4)14-10-11-15(21)26-14/h6-11,16H,21H2,1-5H3,(H2,22,23)/t16-,20-/m1/s1. The lowest BCUT2D eigenvalue weighted by atomic mass is 9.76. The number of carbonyl (C=O) groups excluding carboxylic acids is 1. The third-order valence-corrected chi connectivity index (χ3v) is 6.47. The number of thiophene rings is 1. The maximum atomic E-state index is 13.2. The quantitative estimate of drug-likeness (QED) is 0.801. The van der Waals surface area contributed by atoms with Gasteiger partial charge in [-0.25, -0.2) is 0 Å². The van der Waals surface area contributed by atoms with E-state index >= 15 is 0 Å². The number of hydrogen-bond donors (Lipinski definition) is 2. The van der Waals surface area contributed by atoms with Crippen molar-refractivity contribution in [3.05, 3.63) is 52.4 Å². The van der Waals surface area contributed by atoms with Crippen molar-refractivity contribution in [2.75, 3.05) is 7.05 Å². The Balaban J connectivity index is 2.10. The molecule has 1 aromatic heterocycles. The van der Waals surface area contributed by atoms with Crippen molar-refractivity contribution >= 4 is 35.8 Å². The lowest BCUT2D eigenvalue weighted by molar-refractivity contribution is -0.131. The summed E-state index contributed by atoms with van der Waals surface area (Å²) in [5.41, 5.74) is 1.65. The summed E-state index contributed by atoms with van der Waals surface area (Å²) in [6.45, 7) is 8.58. The molecule has 0 saturated carbocycles. The zero-order valence-electron chi connectivity index (χ0n) is 16.3. The van der Waals surface area contributed by atoms with Gasteiger partial charge < -0.3 is 5.32 Å². The minimum Gasteiger partial charge on any atom is -0.345 e. The summed E-state index contributed by atoms with van der Waals surface area (Å²) in [7, 11) is 3.72. The second-order valence-corrected chi connectivity index (χ2v) is 9.58. The molecule has 1 aliphatic rings. The summed E-state index contributed by atoms with van der Waals surface area (Å²) in [6.07, 6.45) is 0. The maximum Gasteiger partial charge on any atom is 0.239 e. The van der Waals surface area contributed by atoms with Gasteiger partial charge in [0.1, 0.15) is 0 Å². The van der Waals surface area contributed by atoms with Crippen LogP contribution < -0.4 is 10.1 Å². The van der Waals surface area contributed by atoms with Crippen molar-refractivity contribution in [1.29, 1.82) is 5.41 Å². The number of amides is 1. The summed E-state index contributed by atoms with van der Waals surface area (Å²) in [6, 6.07) is 12.5. The van der Waals surface area contributed by atoms with E-state index in [4.69, 9.17) is 5.41 Å². The highest BCUT2D eigenvalue weighted by atomic mass is 32.1. The average Bonchev–Trinajstić information content (AvgIpc) is 3.00. The maximum absolute atomic E-state index is 13.2. The molecule has 2 atom stereocenters. The first-order chi connectivity index (χ1) is 12.0. The van der Waals surface area contributed by atoms with Crippen LogP contribution in [0.1, 0.15) is 49.6 Å². The van der Waals surface area contributed by atoms with Crippen LogP contribution in [-0.2, 0) is 15.7 Å². The van der Waals surface area contributed by atoms with Crippen molar-refractivity contribution in [3.8, 4) is 0 Å². The number of carbonyl (C=O) groups is 1. The van der Waals surface area contributed by atoms with E-state index < -0.39 is 5.54 Å². The van der Waals surface area contributed by atoms with Crippen molar-refractivity contribution in [2.45, 2.75) is 44.6 Å². The first kappa shape index (κ1) is 18.7. The summed E-state index contributed by atoms with van der Waals surface area (Å²) < 4.78 is 1.20. The van der Waals surface area contributed by atoms with Crippen LogP contribution >= 0.6 is 11.3 Å². The summed E-state index contributed by atoms with van der Waals surface area (Å²) >= 11 is 1.67. The lowest BCUT2D eigenvalue weighted by Crippen LogP contribution is -2.62. The van der Waals surface area contributed by atoms with E-state index in [2.05, 4.69) is 70.3 Å². The number of rotatable bonds is 2. The Labute approximate surface area is 160 Å². The molecule has 2 aromatic rings. The van der Waals surface area contributed by atoms with Gasteiger partial charge in [-0.05, 0) is 34.3 Å². The Morgan fingerprint density at radius 1 is 1.19 bits per heavy atom. The number of hydrogen-bond acceptors (Lipinski definition) is 3. The number of guanidine groups is 1. The predicted molar refractivity (Wildman–Crippen MR) is 111 cm³/mol. The molecule has 0 bridgehead atoms. The second-order valence-electron chi connectivity index (χ2n) is 8.29. The minimum absolute atomic E-state index is 0.0502. The molecule has 0 spiro atoms. The van der Waals surface area contributed by atoms with Gasteiger partial charge in [-0.15, -0.1) is 0 Å². The molecular weight excluding hydrogens is 341 g/mol. The Kier molecular flexibility index (Phi) is 4.51. The normalized spacial score (nSPS) is 23.9. The number of nitrogens with one attached hydrogen (secondary N) is 2. The molecule has 1 saturated heterocycles. The molecule has 0 unspecified atom stereocenters. The first-order valence-electron chi connectivity index (χ1n) is 8.85. The molecule has 1 fully saturated rings. The van der Waals surface area contributed by atoms with Crippen LogP contribution in [0, 0.1) is 5.41 Å². The van der Waals surface area contributed by atoms with Gasteiger partial charge in [0, 0.05) is 11.9 Å². The Morgan fingerprint density at radius 3 is 2.31 bits per heavy atom. The Morgan fingerprint density at radius 2 is 1.81 bits per heavy atom. The number of likely N-dealkylation sites (N-methyl/N-ethyl adjacent to an activating group) is 1. The number of benzene rings is 1. The van der Waals surface area contributed by atoms with E-state index in [9.17, 15) is 4.79 Å². The van der Waals surface area contributed by atoms with Crippen molar-refractivity contribution in [2.24, 2.45) is 0 Å². The van der Waals surface area contributed by atoms with Crippen LogP contribution in [0.4, 0.5) is 0 Å². The molecule has 1 amide bonds. The van der Waals surface area contributed by atoms with Crippen LogP contribution in [0.25, 0.3) is 0 Å². The smallest absolute Gasteiger partial charge is 0.239 e. The van der Waals surface area contributed by atoms with E-state index in [1.807, 2.05) is 6.92 Å². The van der Waals surface area contributed by atoms with E-state index in [-0.39, 0.29) is 23.2 Å². The molecule has 2 N–H and O–H groups in total. The largest absolute Gasteiger partial charge is 0.345 e. The summed E-state index contributed by atoms with van der Waals surface area (Å²) in [5, 5.41) is 11.5. The molecule has 1 aromatic carbocycles. The van der Waals surface area contributed by atoms with E-state index in [0.717, 1.165) is 10.4 Å². The van der Waals surface area contributed by atoms with E-state index in [0.29, 0.717) is 0 Å². The Bertz CT molecular complexity index is 853. The van der Waals surface area contributed by atoms with Crippen LogP contribution in [0.3, 0.4) is 0 Å². The van der Waals surface area contributed by atoms with Gasteiger partial charge in [0.05, 0.1) is 11.5 Å². The fraction of sp³-hybridized carbons (Fsp3) is 0.400. The van der Waals surface area contributed by atoms with Gasteiger partial charge in [-0.2, -0.15) is 11.3 Å². The third kappa shape index (κ3) is 3.07. The Hall–Kier alpha value is -2.08. The van der Waals surface area contributed by atoms with Crippen LogP contribution in [-0.4, -0.2) is 31.7 Å². The minimum atomic E-state index is -0.636. The topological polar surface area (TPSA) is 56.2 Å². The molecule has 26 heavy (non-hydrogen) atoms. The van der Waals surface area contributed by atoms with Crippen molar-refractivity contribution in [1.82, 2.24) is 10.2 Å². The zero-order valence-corrected chi connectivity index (χ0v) is 17.1. The fourth-order valence-electron chi connectivity index (χ4n) is 3.52. The molecule has 2 heterocycles. The summed E-state index contributed by atoms with van der Waals surface area (Å²) in [4.78, 5) is 15.6. The first-order valence-corrected chi connectivity index (χ1v) is 9.67. The molecule has 1 aliphatic heterocycles. The molecule has 0 radical (unpaired) electrons. The third-order valence-electron chi connectivity index (χ3n) is 5.23. The van der Waals surface area contributed by atoms with Crippen molar-refractivity contribution < 1.29 is 4.79 Å². The second kappa shape index (κ2) is 6.27.